The lowest BCUT2D eigenvalue weighted by atomic mass is 9.54. The lowest BCUT2D eigenvalue weighted by Crippen LogP contribution is -2.45. The number of carbonyl (C=O) groups excluding carboxylic acids is 3. The van der Waals surface area contributed by atoms with Crippen LogP contribution in [0.3, 0.4) is 0 Å². The largest absolute Gasteiger partial charge is 0.469 e. The van der Waals surface area contributed by atoms with Gasteiger partial charge in [0.25, 0.3) is 0 Å². The van der Waals surface area contributed by atoms with Crippen LogP contribution >= 0.6 is 0 Å². The fraction of sp³-hybridized carbons (Fsp3) is 0.650. The van der Waals surface area contributed by atoms with Gasteiger partial charge in [0, 0.05) is 18.3 Å². The maximum atomic E-state index is 12.5. The Morgan fingerprint density at radius 1 is 1.21 bits per heavy atom. The summed E-state index contributed by atoms with van der Waals surface area (Å²) in [5.74, 6) is 0.432. The molecule has 0 amide bonds. The van der Waals surface area contributed by atoms with E-state index in [4.69, 9.17) is 4.74 Å². The van der Waals surface area contributed by atoms with Gasteiger partial charge in [-0.2, -0.15) is 0 Å². The van der Waals surface area contributed by atoms with E-state index in [1.54, 1.807) is 6.08 Å². The number of rotatable bonds is 1. The van der Waals surface area contributed by atoms with Crippen molar-refractivity contribution in [2.24, 2.45) is 23.2 Å². The summed E-state index contributed by atoms with van der Waals surface area (Å²) in [6, 6.07) is 0. The Morgan fingerprint density at radius 3 is 2.75 bits per heavy atom. The molecule has 4 aliphatic rings. The fourth-order valence-corrected chi connectivity index (χ4v) is 5.73. The molecular formula is C20H24O4. The quantitative estimate of drug-likeness (QED) is 0.694. The van der Waals surface area contributed by atoms with E-state index in [0.717, 1.165) is 31.3 Å². The van der Waals surface area contributed by atoms with Crippen LogP contribution < -0.4 is 0 Å². The molecular weight excluding hydrogens is 304 g/mol. The van der Waals surface area contributed by atoms with Gasteiger partial charge in [-0.15, -0.1) is 0 Å². The maximum absolute atomic E-state index is 12.5. The second-order valence-corrected chi connectivity index (χ2v) is 7.99. The highest BCUT2D eigenvalue weighted by atomic mass is 16.5. The normalized spacial score (nSPS) is 38.2. The molecule has 0 radical (unpaired) electrons. The van der Waals surface area contributed by atoms with Crippen LogP contribution in [0.15, 0.2) is 22.8 Å². The molecule has 2 saturated carbocycles. The van der Waals surface area contributed by atoms with Crippen molar-refractivity contribution >= 4 is 17.5 Å². The Morgan fingerprint density at radius 2 is 2.00 bits per heavy atom. The average Bonchev–Trinajstić information content (AvgIpc) is 2.88. The number of ketones is 2. The zero-order valence-corrected chi connectivity index (χ0v) is 14.4. The van der Waals surface area contributed by atoms with Crippen molar-refractivity contribution in [3.63, 3.8) is 0 Å². The van der Waals surface area contributed by atoms with Crippen molar-refractivity contribution in [2.45, 2.75) is 51.9 Å². The molecule has 2 fully saturated rings. The van der Waals surface area contributed by atoms with Crippen molar-refractivity contribution in [3.8, 4) is 0 Å². The van der Waals surface area contributed by atoms with Crippen LogP contribution in [0.5, 0.6) is 0 Å². The highest BCUT2D eigenvalue weighted by Crippen LogP contribution is 2.60. The predicted molar refractivity (Wildman–Crippen MR) is 88.0 cm³/mol. The number of hydrogen-bond acceptors (Lipinski definition) is 4. The number of ether oxygens (including phenoxy) is 1. The highest BCUT2D eigenvalue weighted by molar-refractivity contribution is 5.93. The SMILES string of the molecule is COC(=O)C1CC2=CC(=O)CCC2=C2CC[C@]3(C)C(=O)CC[C@H]3[C@@H]21. The first-order valence-electron chi connectivity index (χ1n) is 9.02. The first-order valence-corrected chi connectivity index (χ1v) is 9.02. The van der Waals surface area contributed by atoms with Gasteiger partial charge in [0.15, 0.2) is 5.78 Å². The van der Waals surface area contributed by atoms with Gasteiger partial charge in [-0.1, -0.05) is 12.5 Å². The third kappa shape index (κ3) is 2.08. The molecule has 0 aromatic carbocycles. The maximum Gasteiger partial charge on any atom is 0.309 e. The van der Waals surface area contributed by atoms with Crippen LogP contribution in [0.4, 0.5) is 0 Å². The lowest BCUT2D eigenvalue weighted by Gasteiger charge is -2.48. The van der Waals surface area contributed by atoms with E-state index in [1.165, 1.54) is 18.3 Å². The topological polar surface area (TPSA) is 60.4 Å². The molecule has 0 aliphatic heterocycles. The van der Waals surface area contributed by atoms with Crippen LogP contribution in [0.1, 0.15) is 51.9 Å². The van der Waals surface area contributed by atoms with E-state index in [2.05, 4.69) is 6.92 Å². The molecule has 0 heterocycles. The van der Waals surface area contributed by atoms with Crippen molar-refractivity contribution in [1.82, 2.24) is 0 Å². The van der Waals surface area contributed by atoms with Crippen LogP contribution in [-0.4, -0.2) is 24.6 Å². The number of Topliss-reactive ketones (excluding diaryl/α,β-unsaturated/α-hetero) is 1. The average molecular weight is 328 g/mol. The zero-order chi connectivity index (χ0) is 17.1. The number of allylic oxidation sites excluding steroid dienone is 4. The number of carbonyl (C=O) groups is 3. The molecule has 1 unspecified atom stereocenters. The first-order chi connectivity index (χ1) is 11.5. The molecule has 128 valence electrons. The zero-order valence-electron chi connectivity index (χ0n) is 14.4. The molecule has 0 spiro atoms. The first kappa shape index (κ1) is 15.8. The van der Waals surface area contributed by atoms with Gasteiger partial charge in [-0.3, -0.25) is 14.4 Å². The number of fused-ring (bicyclic) bond motifs is 4. The van der Waals surface area contributed by atoms with Crippen molar-refractivity contribution in [3.05, 3.63) is 22.8 Å². The van der Waals surface area contributed by atoms with Crippen LogP contribution in [0, 0.1) is 23.2 Å². The van der Waals surface area contributed by atoms with Gasteiger partial charge in [-0.25, -0.2) is 0 Å². The molecule has 0 aromatic rings. The molecule has 4 rings (SSSR count). The molecule has 4 heteroatoms. The summed E-state index contributed by atoms with van der Waals surface area (Å²) in [6.07, 6.45) is 6.95. The summed E-state index contributed by atoms with van der Waals surface area (Å²) in [4.78, 5) is 36.8. The Hall–Kier alpha value is -1.71. The molecule has 4 aliphatic carbocycles. The van der Waals surface area contributed by atoms with Crippen LogP contribution in [0.2, 0.25) is 0 Å². The lowest BCUT2D eigenvalue weighted by molar-refractivity contribution is -0.149. The number of methoxy groups -OCH3 is 1. The van der Waals surface area contributed by atoms with E-state index >= 15 is 0 Å². The molecule has 0 saturated heterocycles. The minimum Gasteiger partial charge on any atom is -0.469 e. The predicted octanol–water partition coefficient (Wildman–Crippen LogP) is 3.16. The summed E-state index contributed by atoms with van der Waals surface area (Å²) >= 11 is 0. The monoisotopic (exact) mass is 328 g/mol. The van der Waals surface area contributed by atoms with E-state index in [1.807, 2.05) is 0 Å². The summed E-state index contributed by atoms with van der Waals surface area (Å²) in [6.45, 7) is 2.10. The minimum absolute atomic E-state index is 0.114. The third-order valence-corrected chi connectivity index (χ3v) is 7.00. The van der Waals surface area contributed by atoms with Gasteiger partial charge in [0.1, 0.15) is 5.78 Å². The summed E-state index contributed by atoms with van der Waals surface area (Å²) in [5, 5.41) is 0. The number of hydrogen-bond donors (Lipinski definition) is 0. The van der Waals surface area contributed by atoms with Gasteiger partial charge in [0.2, 0.25) is 0 Å². The van der Waals surface area contributed by atoms with Gasteiger partial charge >= 0.3 is 5.97 Å². The molecule has 24 heavy (non-hydrogen) atoms. The van der Waals surface area contributed by atoms with Crippen LogP contribution in [-0.2, 0) is 19.1 Å². The van der Waals surface area contributed by atoms with Crippen LogP contribution in [0.25, 0.3) is 0 Å². The Bertz CT molecular complexity index is 698. The highest BCUT2D eigenvalue weighted by Gasteiger charge is 2.57. The second-order valence-electron chi connectivity index (χ2n) is 7.99. The van der Waals surface area contributed by atoms with Crippen molar-refractivity contribution in [2.75, 3.05) is 7.11 Å². The van der Waals surface area contributed by atoms with E-state index in [9.17, 15) is 14.4 Å². The van der Waals surface area contributed by atoms with Gasteiger partial charge in [0.05, 0.1) is 13.0 Å². The Labute approximate surface area is 142 Å². The minimum atomic E-state index is -0.285. The molecule has 0 bridgehead atoms. The number of esters is 1. The van der Waals surface area contributed by atoms with Crippen molar-refractivity contribution < 1.29 is 19.1 Å². The van der Waals surface area contributed by atoms with E-state index in [0.29, 0.717) is 25.0 Å². The van der Waals surface area contributed by atoms with Gasteiger partial charge in [-0.05, 0) is 61.2 Å². The molecule has 0 aromatic heterocycles. The van der Waals surface area contributed by atoms with Crippen molar-refractivity contribution in [1.29, 1.82) is 0 Å². The third-order valence-electron chi connectivity index (χ3n) is 7.00. The van der Waals surface area contributed by atoms with E-state index in [-0.39, 0.29) is 34.9 Å². The smallest absolute Gasteiger partial charge is 0.309 e. The summed E-state index contributed by atoms with van der Waals surface area (Å²) in [7, 11) is 1.43. The van der Waals surface area contributed by atoms with E-state index < -0.39 is 0 Å². The Balaban J connectivity index is 1.84. The molecule has 0 N–H and O–H groups in total. The summed E-state index contributed by atoms with van der Waals surface area (Å²) in [5.41, 5.74) is 3.40. The van der Waals surface area contributed by atoms with Gasteiger partial charge < -0.3 is 4.74 Å². The fourth-order valence-electron chi connectivity index (χ4n) is 5.73. The summed E-state index contributed by atoms with van der Waals surface area (Å²) < 4.78 is 5.09. The second kappa shape index (κ2) is 5.40. The molecule has 4 nitrogen and oxygen atoms in total. The Kier molecular flexibility index (Phi) is 3.55. The standard InChI is InChI=1S/C20H24O4/c1-20-8-7-14-13-4-3-12(21)9-11(13)10-15(19(23)24-2)18(14)16(20)5-6-17(20)22/h9,15-16,18H,3-8,10H2,1-2H3/t15?,16-,18-,20-/m0/s1. The molecule has 4 atom stereocenters.